The summed E-state index contributed by atoms with van der Waals surface area (Å²) in [6.07, 6.45) is 3.95. The van der Waals surface area contributed by atoms with E-state index in [4.69, 9.17) is 21.1 Å². The molecule has 2 aromatic heterocycles. The summed E-state index contributed by atoms with van der Waals surface area (Å²) in [5, 5.41) is 10.7. The average molecular weight is 510 g/mol. The summed E-state index contributed by atoms with van der Waals surface area (Å²) in [6, 6.07) is 3.69. The summed E-state index contributed by atoms with van der Waals surface area (Å²) in [7, 11) is -2.07. The van der Waals surface area contributed by atoms with Crippen LogP contribution in [0.25, 0.3) is 0 Å². The molecule has 2 aliphatic rings. The van der Waals surface area contributed by atoms with E-state index in [0.29, 0.717) is 16.8 Å². The van der Waals surface area contributed by atoms with Gasteiger partial charge in [-0.1, -0.05) is 11.6 Å². The van der Waals surface area contributed by atoms with Crippen molar-refractivity contribution in [2.24, 2.45) is 7.05 Å². The smallest absolute Gasteiger partial charge is 0.240 e. The molecule has 5 rings (SSSR count). The van der Waals surface area contributed by atoms with E-state index in [1.54, 1.807) is 24.1 Å². The molecule has 2 aliphatic heterocycles. The van der Waals surface area contributed by atoms with Crippen molar-refractivity contribution in [2.45, 2.75) is 29.2 Å². The molecule has 0 saturated carbocycles. The number of halogens is 2. The second-order valence-corrected chi connectivity index (χ2v) is 10.1. The molecule has 0 bridgehead atoms. The number of nitrogens with zero attached hydrogens (tertiary/aromatic N) is 4. The number of aryl methyl sites for hydroxylation is 1. The number of ether oxygens (including phenoxy) is 2. The van der Waals surface area contributed by atoms with Crippen LogP contribution in [0.3, 0.4) is 0 Å². The standard InChI is InChI=1S/C20H21ClFN7O4S/c1-29-8-12(6-24-29)25-20-23-7-14(21)19(27-20)26-15-9-32-18-16(10-33-17(15)18)28-34(30,31)13-4-2-11(22)3-5-13/h2-8,15-18,28H,9-10H2,1H3,(H2,23,25,26,27). The van der Waals surface area contributed by atoms with E-state index in [1.165, 1.54) is 18.3 Å². The molecule has 180 valence electrons. The van der Waals surface area contributed by atoms with Crippen molar-refractivity contribution in [3.63, 3.8) is 0 Å². The van der Waals surface area contributed by atoms with E-state index >= 15 is 0 Å². The number of anilines is 3. The monoisotopic (exact) mass is 509 g/mol. The Morgan fingerprint density at radius 3 is 2.53 bits per heavy atom. The molecule has 3 N–H and O–H groups in total. The molecule has 0 spiro atoms. The molecule has 2 fully saturated rings. The average Bonchev–Trinajstić information content (AvgIpc) is 3.49. The lowest BCUT2D eigenvalue weighted by molar-refractivity contribution is 0.0690. The normalized spacial score (nSPS) is 24.2. The molecule has 4 atom stereocenters. The number of nitrogens with one attached hydrogen (secondary N) is 3. The van der Waals surface area contributed by atoms with Gasteiger partial charge in [0, 0.05) is 13.2 Å². The highest BCUT2D eigenvalue weighted by Crippen LogP contribution is 2.31. The lowest BCUT2D eigenvalue weighted by atomic mass is 10.1. The summed E-state index contributed by atoms with van der Waals surface area (Å²) in [4.78, 5) is 8.57. The third-order valence-electron chi connectivity index (χ3n) is 5.51. The minimum Gasteiger partial charge on any atom is -0.371 e. The zero-order valence-corrected chi connectivity index (χ0v) is 19.4. The quantitative estimate of drug-likeness (QED) is 0.435. The fourth-order valence-corrected chi connectivity index (χ4v) is 5.30. The first-order chi connectivity index (χ1) is 16.3. The largest absolute Gasteiger partial charge is 0.371 e. The van der Waals surface area contributed by atoms with Crippen LogP contribution in [0.15, 0.2) is 47.8 Å². The van der Waals surface area contributed by atoms with Gasteiger partial charge in [-0.2, -0.15) is 10.1 Å². The van der Waals surface area contributed by atoms with E-state index in [1.807, 2.05) is 0 Å². The molecule has 4 unspecified atom stereocenters. The fraction of sp³-hybridized carbons (Fsp3) is 0.350. The molecule has 14 heteroatoms. The van der Waals surface area contributed by atoms with Crippen LogP contribution >= 0.6 is 11.6 Å². The number of fused-ring (bicyclic) bond motifs is 1. The van der Waals surface area contributed by atoms with E-state index in [2.05, 4.69) is 30.4 Å². The Hall–Kier alpha value is -2.84. The first kappa shape index (κ1) is 22.9. The first-order valence-corrected chi connectivity index (χ1v) is 12.2. The first-order valence-electron chi connectivity index (χ1n) is 10.3. The van der Waals surface area contributed by atoms with Crippen LogP contribution in [-0.2, 0) is 26.5 Å². The Morgan fingerprint density at radius 1 is 1.12 bits per heavy atom. The van der Waals surface area contributed by atoms with Gasteiger partial charge in [0.05, 0.1) is 48.3 Å². The van der Waals surface area contributed by atoms with Gasteiger partial charge in [-0.15, -0.1) is 0 Å². The Bertz CT molecular complexity index is 1290. The van der Waals surface area contributed by atoms with Crippen LogP contribution in [0.1, 0.15) is 0 Å². The van der Waals surface area contributed by atoms with Gasteiger partial charge in [-0.25, -0.2) is 22.5 Å². The van der Waals surface area contributed by atoms with E-state index in [9.17, 15) is 12.8 Å². The summed E-state index contributed by atoms with van der Waals surface area (Å²) >= 11 is 6.29. The zero-order valence-electron chi connectivity index (χ0n) is 17.9. The minimum atomic E-state index is -3.87. The van der Waals surface area contributed by atoms with Crippen molar-refractivity contribution in [3.05, 3.63) is 53.7 Å². The maximum Gasteiger partial charge on any atom is 0.240 e. The summed E-state index contributed by atoms with van der Waals surface area (Å²) in [5.41, 5.74) is 0.718. The highest BCUT2D eigenvalue weighted by molar-refractivity contribution is 7.89. The third kappa shape index (κ3) is 4.70. The number of rotatable bonds is 7. The number of benzene rings is 1. The van der Waals surface area contributed by atoms with Gasteiger partial charge in [-0.05, 0) is 24.3 Å². The van der Waals surface area contributed by atoms with Gasteiger partial charge in [-0.3, -0.25) is 4.68 Å². The van der Waals surface area contributed by atoms with Crippen LogP contribution < -0.4 is 15.4 Å². The number of hydrogen-bond acceptors (Lipinski definition) is 9. The van der Waals surface area contributed by atoms with Crippen LogP contribution in [-0.4, -0.2) is 65.7 Å². The van der Waals surface area contributed by atoms with Crippen LogP contribution in [0.5, 0.6) is 0 Å². The zero-order chi connectivity index (χ0) is 23.9. The predicted octanol–water partition coefficient (Wildman–Crippen LogP) is 1.67. The van der Waals surface area contributed by atoms with Crippen LogP contribution in [0.4, 0.5) is 21.8 Å². The van der Waals surface area contributed by atoms with Gasteiger partial charge < -0.3 is 20.1 Å². The van der Waals surface area contributed by atoms with Gasteiger partial charge in [0.25, 0.3) is 0 Å². The van der Waals surface area contributed by atoms with Crippen molar-refractivity contribution in [2.75, 3.05) is 23.8 Å². The second kappa shape index (κ2) is 9.07. The number of sulfonamides is 1. The summed E-state index contributed by atoms with van der Waals surface area (Å²) < 4.78 is 54.5. The number of aromatic nitrogens is 4. The summed E-state index contributed by atoms with van der Waals surface area (Å²) in [5.74, 6) is 0.197. The topological polar surface area (TPSA) is 132 Å². The molecule has 0 aliphatic carbocycles. The summed E-state index contributed by atoms with van der Waals surface area (Å²) in [6.45, 7) is 0.384. The van der Waals surface area contributed by atoms with Crippen LogP contribution in [0, 0.1) is 5.82 Å². The van der Waals surface area contributed by atoms with Crippen molar-refractivity contribution < 1.29 is 22.3 Å². The highest BCUT2D eigenvalue weighted by atomic mass is 35.5. The van der Waals surface area contributed by atoms with Crippen LogP contribution in [0.2, 0.25) is 5.02 Å². The molecule has 0 amide bonds. The predicted molar refractivity (Wildman–Crippen MR) is 121 cm³/mol. The Balaban J connectivity index is 1.25. The SMILES string of the molecule is Cn1cc(Nc2ncc(Cl)c(NC3COC4C(NS(=O)(=O)c5ccc(F)cc5)COC34)n2)cn1. The third-order valence-corrected chi connectivity index (χ3v) is 7.29. The molecule has 1 aromatic carbocycles. The van der Waals surface area contributed by atoms with Crippen molar-refractivity contribution >= 4 is 39.1 Å². The molecule has 11 nitrogen and oxygen atoms in total. The second-order valence-electron chi connectivity index (χ2n) is 7.95. The molecule has 2 saturated heterocycles. The maximum absolute atomic E-state index is 13.2. The molecular weight excluding hydrogens is 489 g/mol. The molecule has 0 radical (unpaired) electrons. The lowest BCUT2D eigenvalue weighted by Gasteiger charge is -2.19. The Labute approximate surface area is 199 Å². The van der Waals surface area contributed by atoms with E-state index in [0.717, 1.165) is 17.8 Å². The molecule has 3 aromatic rings. The van der Waals surface area contributed by atoms with Gasteiger partial charge >= 0.3 is 0 Å². The molecule has 34 heavy (non-hydrogen) atoms. The minimum absolute atomic E-state index is 0.0357. The number of hydrogen-bond donors (Lipinski definition) is 3. The Kier molecular flexibility index (Phi) is 6.12. The maximum atomic E-state index is 13.2. The molecule has 4 heterocycles. The highest BCUT2D eigenvalue weighted by Gasteiger charge is 2.49. The fourth-order valence-electron chi connectivity index (χ4n) is 3.92. The van der Waals surface area contributed by atoms with E-state index in [-0.39, 0.29) is 24.2 Å². The Morgan fingerprint density at radius 2 is 1.82 bits per heavy atom. The van der Waals surface area contributed by atoms with Crippen molar-refractivity contribution in [1.29, 1.82) is 0 Å². The van der Waals surface area contributed by atoms with Crippen molar-refractivity contribution in [3.8, 4) is 0 Å². The van der Waals surface area contributed by atoms with Gasteiger partial charge in [0.15, 0.2) is 5.82 Å². The lowest BCUT2D eigenvalue weighted by Crippen LogP contribution is -2.44. The van der Waals surface area contributed by atoms with Gasteiger partial charge in [0.1, 0.15) is 23.0 Å². The van der Waals surface area contributed by atoms with Gasteiger partial charge in [0.2, 0.25) is 16.0 Å². The molecular formula is C20H21ClFN7O4S. The van der Waals surface area contributed by atoms with E-state index < -0.39 is 34.1 Å². The van der Waals surface area contributed by atoms with Crippen molar-refractivity contribution in [1.82, 2.24) is 24.5 Å².